The van der Waals surface area contributed by atoms with Gasteiger partial charge in [-0.05, 0) is 45.7 Å². The molecule has 0 N–H and O–H groups in total. The number of rotatable bonds is 3. The van der Waals surface area contributed by atoms with Crippen LogP contribution in [0.1, 0.15) is 39.3 Å². The highest BCUT2D eigenvalue weighted by atomic mass is 35.5. The molecule has 3 heterocycles. The van der Waals surface area contributed by atoms with E-state index in [0.717, 1.165) is 38.5 Å². The summed E-state index contributed by atoms with van der Waals surface area (Å²) in [7, 11) is 0. The fourth-order valence-electron chi connectivity index (χ4n) is 4.32. The fourth-order valence-corrected chi connectivity index (χ4v) is 4.32. The number of hydrogen-bond donors (Lipinski definition) is 0. The summed E-state index contributed by atoms with van der Waals surface area (Å²) < 4.78 is 38.0. The Balaban J connectivity index is 0.00000300. The quantitative estimate of drug-likeness (QED) is 0.727. The summed E-state index contributed by atoms with van der Waals surface area (Å²) in [6.07, 6.45) is -1.70. The number of carbonyl (C=O) groups excluding carboxylic acids is 1. The second kappa shape index (κ2) is 9.51. The summed E-state index contributed by atoms with van der Waals surface area (Å²) in [5.74, 6) is 0.219. The number of carbonyl (C=O) groups is 1. The molecule has 2 aliphatic rings. The van der Waals surface area contributed by atoms with Crippen molar-refractivity contribution in [1.82, 2.24) is 14.8 Å². The van der Waals surface area contributed by atoms with Crippen LogP contribution in [0.25, 0.3) is 0 Å². The first-order chi connectivity index (χ1) is 13.2. The molecule has 0 bridgehead atoms. The number of amides is 1. The predicted molar refractivity (Wildman–Crippen MR) is 109 cm³/mol. The minimum absolute atomic E-state index is 0. The van der Waals surface area contributed by atoms with Crippen LogP contribution in [0.5, 0.6) is 0 Å². The van der Waals surface area contributed by atoms with Crippen LogP contribution in [0.15, 0.2) is 18.3 Å². The van der Waals surface area contributed by atoms with Crippen molar-refractivity contribution in [2.24, 2.45) is 5.92 Å². The molecule has 1 amide bonds. The van der Waals surface area contributed by atoms with Gasteiger partial charge in [0, 0.05) is 50.7 Å². The molecule has 2 aliphatic heterocycles. The maximum atomic E-state index is 12.9. The Bertz CT molecular complexity index is 675. The van der Waals surface area contributed by atoms with Gasteiger partial charge in [0.15, 0.2) is 0 Å². The van der Waals surface area contributed by atoms with E-state index in [2.05, 4.69) is 30.7 Å². The number of nitrogens with zero attached hydrogens (tertiary/aromatic N) is 4. The van der Waals surface area contributed by atoms with Crippen molar-refractivity contribution >= 4 is 24.0 Å². The Kier molecular flexibility index (Phi) is 7.79. The average Bonchev–Trinajstić information content (AvgIpc) is 2.66. The van der Waals surface area contributed by atoms with Gasteiger partial charge in [0.1, 0.15) is 5.69 Å². The molecule has 0 aromatic carbocycles. The van der Waals surface area contributed by atoms with Gasteiger partial charge in [0.05, 0.1) is 11.9 Å². The summed E-state index contributed by atoms with van der Waals surface area (Å²) in [5.41, 5.74) is -0.200. The zero-order valence-electron chi connectivity index (χ0n) is 17.2. The number of piperazine rings is 1. The van der Waals surface area contributed by atoms with Crippen molar-refractivity contribution in [3.8, 4) is 0 Å². The zero-order valence-corrected chi connectivity index (χ0v) is 18.0. The highest BCUT2D eigenvalue weighted by Gasteiger charge is 2.34. The van der Waals surface area contributed by atoms with E-state index in [9.17, 15) is 18.0 Å². The average molecular weight is 435 g/mol. The second-order valence-corrected chi connectivity index (χ2v) is 8.13. The maximum Gasteiger partial charge on any atom is 0.433 e. The number of hydrogen-bond acceptors (Lipinski definition) is 4. The summed E-state index contributed by atoms with van der Waals surface area (Å²) in [4.78, 5) is 22.9. The Morgan fingerprint density at radius 3 is 2.28 bits per heavy atom. The molecular formula is C20H30ClF3N4O. The third-order valence-corrected chi connectivity index (χ3v) is 5.90. The first-order valence-electron chi connectivity index (χ1n) is 9.99. The molecule has 0 spiro atoms. The van der Waals surface area contributed by atoms with Gasteiger partial charge in [-0.15, -0.1) is 12.4 Å². The van der Waals surface area contributed by atoms with Gasteiger partial charge in [0.2, 0.25) is 5.91 Å². The van der Waals surface area contributed by atoms with Gasteiger partial charge in [-0.1, -0.05) is 0 Å². The molecule has 1 aromatic heterocycles. The third kappa shape index (κ3) is 5.54. The smallest absolute Gasteiger partial charge is 0.370 e. The molecule has 0 unspecified atom stereocenters. The van der Waals surface area contributed by atoms with Crippen LogP contribution < -0.4 is 4.90 Å². The number of anilines is 1. The van der Waals surface area contributed by atoms with Crippen molar-refractivity contribution in [3.05, 3.63) is 24.0 Å². The largest absolute Gasteiger partial charge is 0.433 e. The lowest BCUT2D eigenvalue weighted by atomic mass is 9.94. The second-order valence-electron chi connectivity index (χ2n) is 8.13. The van der Waals surface area contributed by atoms with Crippen LogP contribution in [0.3, 0.4) is 0 Å². The van der Waals surface area contributed by atoms with Gasteiger partial charge in [-0.2, -0.15) is 13.2 Å². The van der Waals surface area contributed by atoms with Gasteiger partial charge in [0.25, 0.3) is 0 Å². The van der Waals surface area contributed by atoms with E-state index < -0.39 is 11.9 Å². The SMILES string of the molecule is CC(C)N1CCN(C(=O)C2CCN(c3ccc(C(F)(F)F)nc3)CC2)C[C@@H]1C.Cl. The van der Waals surface area contributed by atoms with Gasteiger partial charge in [-0.3, -0.25) is 9.69 Å². The Morgan fingerprint density at radius 2 is 1.79 bits per heavy atom. The van der Waals surface area contributed by atoms with E-state index in [4.69, 9.17) is 0 Å². The zero-order chi connectivity index (χ0) is 20.5. The van der Waals surface area contributed by atoms with Crippen molar-refractivity contribution in [1.29, 1.82) is 0 Å². The van der Waals surface area contributed by atoms with E-state index in [1.54, 1.807) is 0 Å². The Hall–Kier alpha value is -1.54. The molecule has 1 atom stereocenters. The maximum absolute atomic E-state index is 12.9. The van der Waals surface area contributed by atoms with Crippen molar-refractivity contribution in [3.63, 3.8) is 0 Å². The lowest BCUT2D eigenvalue weighted by molar-refractivity contribution is -0.141. The van der Waals surface area contributed by atoms with Crippen LogP contribution in [-0.2, 0) is 11.0 Å². The topological polar surface area (TPSA) is 39.7 Å². The standard InChI is InChI=1S/C20H29F3N4O.ClH/c1-14(2)27-11-10-26(13-15(27)3)19(28)16-6-8-25(9-7-16)17-4-5-18(24-12-17)20(21,22)23;/h4-5,12,14-16H,6-11,13H2,1-3H3;1H/t15-;/m0./s1. The van der Waals surface area contributed by atoms with Crippen molar-refractivity contribution in [2.45, 2.75) is 51.9 Å². The van der Waals surface area contributed by atoms with Crippen LogP contribution >= 0.6 is 12.4 Å². The van der Waals surface area contributed by atoms with Crippen LogP contribution in [0.4, 0.5) is 18.9 Å². The van der Waals surface area contributed by atoms with Crippen LogP contribution in [0.2, 0.25) is 0 Å². The van der Waals surface area contributed by atoms with Crippen molar-refractivity contribution in [2.75, 3.05) is 37.6 Å². The van der Waals surface area contributed by atoms with Crippen LogP contribution in [-0.4, -0.2) is 65.5 Å². The van der Waals surface area contributed by atoms with Gasteiger partial charge >= 0.3 is 6.18 Å². The number of alkyl halides is 3. The minimum Gasteiger partial charge on any atom is -0.370 e. The molecule has 29 heavy (non-hydrogen) atoms. The first kappa shape index (κ1) is 23.7. The lowest BCUT2D eigenvalue weighted by Gasteiger charge is -2.43. The molecule has 2 fully saturated rings. The van der Waals surface area contributed by atoms with E-state index in [1.165, 1.54) is 12.3 Å². The summed E-state index contributed by atoms with van der Waals surface area (Å²) in [6, 6.07) is 3.32. The number of halogens is 4. The predicted octanol–water partition coefficient (Wildman–Crippen LogP) is 3.68. The molecule has 1 aromatic rings. The molecular weight excluding hydrogens is 405 g/mol. The number of piperidine rings is 1. The van der Waals surface area contributed by atoms with E-state index in [0.29, 0.717) is 30.9 Å². The summed E-state index contributed by atoms with van der Waals surface area (Å²) in [5, 5.41) is 0. The molecule has 0 aliphatic carbocycles. The first-order valence-corrected chi connectivity index (χ1v) is 9.99. The molecule has 0 saturated carbocycles. The van der Waals surface area contributed by atoms with E-state index in [1.807, 2.05) is 9.80 Å². The number of pyridine rings is 1. The van der Waals surface area contributed by atoms with Crippen LogP contribution in [0, 0.1) is 5.92 Å². The van der Waals surface area contributed by atoms with Gasteiger partial charge in [-0.25, -0.2) is 4.98 Å². The molecule has 5 nitrogen and oxygen atoms in total. The summed E-state index contributed by atoms with van der Waals surface area (Å²) in [6.45, 7) is 10.3. The Labute approximate surface area is 176 Å². The molecule has 2 saturated heterocycles. The summed E-state index contributed by atoms with van der Waals surface area (Å²) >= 11 is 0. The van der Waals surface area contributed by atoms with E-state index >= 15 is 0 Å². The normalized spacial score (nSPS) is 22.0. The fraction of sp³-hybridized carbons (Fsp3) is 0.700. The minimum atomic E-state index is -4.42. The Morgan fingerprint density at radius 1 is 1.14 bits per heavy atom. The molecule has 9 heteroatoms. The third-order valence-electron chi connectivity index (χ3n) is 5.90. The lowest BCUT2D eigenvalue weighted by Crippen LogP contribution is -2.57. The van der Waals surface area contributed by atoms with Gasteiger partial charge < -0.3 is 9.80 Å². The van der Waals surface area contributed by atoms with Crippen molar-refractivity contribution < 1.29 is 18.0 Å². The monoisotopic (exact) mass is 434 g/mol. The molecule has 0 radical (unpaired) electrons. The van der Waals surface area contributed by atoms with E-state index in [-0.39, 0.29) is 24.2 Å². The number of aromatic nitrogens is 1. The highest BCUT2D eigenvalue weighted by molar-refractivity contribution is 5.85. The molecule has 164 valence electrons. The molecule has 3 rings (SSSR count). The highest BCUT2D eigenvalue weighted by Crippen LogP contribution is 2.30.